The van der Waals surface area contributed by atoms with Crippen LogP contribution in [0.4, 0.5) is 0 Å². The molecule has 0 saturated carbocycles. The summed E-state index contributed by atoms with van der Waals surface area (Å²) in [6.07, 6.45) is 1.78. The van der Waals surface area contributed by atoms with Crippen molar-refractivity contribution < 1.29 is 5.11 Å². The highest BCUT2D eigenvalue weighted by Gasteiger charge is 2.16. The minimum absolute atomic E-state index is 0.0285. The van der Waals surface area contributed by atoms with E-state index in [1.807, 2.05) is 25.5 Å². The molecule has 92 valence electrons. The van der Waals surface area contributed by atoms with Gasteiger partial charge in [0.15, 0.2) is 5.16 Å². The van der Waals surface area contributed by atoms with E-state index in [2.05, 4.69) is 10.2 Å². The lowest BCUT2D eigenvalue weighted by molar-refractivity contribution is 0.200. The molecular weight excluding hydrogens is 224 g/mol. The van der Waals surface area contributed by atoms with Crippen LogP contribution in [0.3, 0.4) is 0 Å². The number of rotatable bonds is 6. The Balaban J connectivity index is 2.29. The predicted molar refractivity (Wildman–Crippen MR) is 65.4 cm³/mol. The zero-order valence-corrected chi connectivity index (χ0v) is 10.9. The van der Waals surface area contributed by atoms with Crippen molar-refractivity contribution in [1.82, 2.24) is 14.8 Å². The fourth-order valence-corrected chi connectivity index (χ4v) is 2.13. The fourth-order valence-electron chi connectivity index (χ4n) is 1.23. The Bertz CT molecular complexity index is 338. The first-order valence-corrected chi connectivity index (χ1v) is 6.33. The first-order chi connectivity index (χ1) is 7.46. The van der Waals surface area contributed by atoms with Gasteiger partial charge < -0.3 is 15.4 Å². The van der Waals surface area contributed by atoms with Gasteiger partial charge in [0.2, 0.25) is 0 Å². The van der Waals surface area contributed by atoms with Crippen LogP contribution in [0.5, 0.6) is 0 Å². The number of nitrogens with two attached hydrogens (primary N) is 1. The van der Waals surface area contributed by atoms with Crippen LogP contribution >= 0.6 is 11.8 Å². The first kappa shape index (κ1) is 13.5. The Morgan fingerprint density at radius 2 is 2.19 bits per heavy atom. The molecule has 0 aromatic carbocycles. The monoisotopic (exact) mass is 244 g/mol. The first-order valence-electron chi connectivity index (χ1n) is 5.35. The van der Waals surface area contributed by atoms with Crippen molar-refractivity contribution in [3.8, 4) is 0 Å². The third kappa shape index (κ3) is 3.77. The summed E-state index contributed by atoms with van der Waals surface area (Å²) >= 11 is 1.67. The number of aliphatic hydroxyl groups is 1. The van der Waals surface area contributed by atoms with E-state index < -0.39 is 5.54 Å². The largest absolute Gasteiger partial charge is 0.394 e. The van der Waals surface area contributed by atoms with Gasteiger partial charge in [-0.05, 0) is 26.7 Å². The van der Waals surface area contributed by atoms with Gasteiger partial charge in [-0.15, -0.1) is 10.2 Å². The summed E-state index contributed by atoms with van der Waals surface area (Å²) in [6, 6.07) is 0. The molecule has 1 rings (SSSR count). The van der Waals surface area contributed by atoms with E-state index in [4.69, 9.17) is 10.8 Å². The molecule has 0 aliphatic rings. The molecule has 16 heavy (non-hydrogen) atoms. The van der Waals surface area contributed by atoms with Crippen LogP contribution in [0.25, 0.3) is 0 Å². The fraction of sp³-hybridized carbons (Fsp3) is 0.800. The summed E-state index contributed by atoms with van der Waals surface area (Å²) < 4.78 is 1.97. The third-order valence-electron chi connectivity index (χ3n) is 2.54. The van der Waals surface area contributed by atoms with Gasteiger partial charge in [-0.2, -0.15) is 0 Å². The molecule has 0 saturated heterocycles. The molecule has 1 unspecified atom stereocenters. The molecule has 5 nitrogen and oxygen atoms in total. The van der Waals surface area contributed by atoms with Gasteiger partial charge in [-0.3, -0.25) is 0 Å². The van der Waals surface area contributed by atoms with Crippen LogP contribution in [0.1, 0.15) is 25.6 Å². The minimum atomic E-state index is -0.462. The summed E-state index contributed by atoms with van der Waals surface area (Å²) in [7, 11) is 1.96. The highest BCUT2D eigenvalue weighted by atomic mass is 32.2. The second kappa shape index (κ2) is 5.65. The van der Waals surface area contributed by atoms with E-state index >= 15 is 0 Å². The number of aromatic nitrogens is 3. The summed E-state index contributed by atoms with van der Waals surface area (Å²) in [5, 5.41) is 18.0. The highest BCUT2D eigenvalue weighted by Crippen LogP contribution is 2.18. The number of aryl methyl sites for hydroxylation is 1. The Labute approximate surface area is 100 Å². The molecule has 0 aliphatic heterocycles. The highest BCUT2D eigenvalue weighted by molar-refractivity contribution is 7.99. The molecule has 3 N–H and O–H groups in total. The van der Waals surface area contributed by atoms with E-state index in [1.54, 1.807) is 11.8 Å². The zero-order valence-electron chi connectivity index (χ0n) is 10.1. The quantitative estimate of drug-likeness (QED) is 0.569. The van der Waals surface area contributed by atoms with E-state index in [0.29, 0.717) is 0 Å². The molecule has 6 heteroatoms. The maximum atomic E-state index is 9.00. The molecule has 1 aromatic heterocycles. The Kier molecular flexibility index (Phi) is 4.76. The van der Waals surface area contributed by atoms with Gasteiger partial charge in [-0.25, -0.2) is 0 Å². The Hall–Kier alpha value is -0.590. The number of aliphatic hydroxyl groups excluding tert-OH is 1. The van der Waals surface area contributed by atoms with Crippen LogP contribution in [0, 0.1) is 6.92 Å². The van der Waals surface area contributed by atoms with E-state index in [-0.39, 0.29) is 6.61 Å². The normalized spacial score (nSPS) is 15.1. The van der Waals surface area contributed by atoms with Crippen molar-refractivity contribution in [3.63, 3.8) is 0 Å². The van der Waals surface area contributed by atoms with Crippen molar-refractivity contribution in [1.29, 1.82) is 0 Å². The number of hydrogen-bond donors (Lipinski definition) is 2. The maximum absolute atomic E-state index is 9.00. The van der Waals surface area contributed by atoms with Crippen molar-refractivity contribution in [3.05, 3.63) is 5.82 Å². The predicted octanol–water partition coefficient (Wildman–Crippen LogP) is 0.706. The van der Waals surface area contributed by atoms with Crippen molar-refractivity contribution in [2.75, 3.05) is 12.4 Å². The van der Waals surface area contributed by atoms with Gasteiger partial charge in [0.25, 0.3) is 0 Å². The average molecular weight is 244 g/mol. The zero-order chi connectivity index (χ0) is 12.2. The molecule has 0 amide bonds. The van der Waals surface area contributed by atoms with Gasteiger partial charge >= 0.3 is 0 Å². The molecule has 0 spiro atoms. The minimum Gasteiger partial charge on any atom is -0.394 e. The molecular formula is C10H20N4OS. The number of nitrogens with zero attached hydrogens (tertiary/aromatic N) is 3. The topological polar surface area (TPSA) is 77.0 Å². The Morgan fingerprint density at radius 3 is 2.69 bits per heavy atom. The maximum Gasteiger partial charge on any atom is 0.190 e. The third-order valence-corrected chi connectivity index (χ3v) is 3.64. The molecule has 1 heterocycles. The average Bonchev–Trinajstić information content (AvgIpc) is 2.56. The Morgan fingerprint density at radius 1 is 1.50 bits per heavy atom. The standard InChI is InChI=1S/C10H20N4OS/c1-8-12-13-9(14(8)3)16-6-4-5-10(2,11)7-15/h15H,4-7,11H2,1-3H3. The molecule has 0 radical (unpaired) electrons. The lowest BCUT2D eigenvalue weighted by atomic mass is 9.99. The smallest absolute Gasteiger partial charge is 0.190 e. The SMILES string of the molecule is Cc1nnc(SCCCC(C)(N)CO)n1C. The van der Waals surface area contributed by atoms with Crippen LogP contribution in [-0.4, -0.2) is 37.8 Å². The lowest BCUT2D eigenvalue weighted by Crippen LogP contribution is -2.40. The molecule has 0 bridgehead atoms. The van der Waals surface area contributed by atoms with Gasteiger partial charge in [0.1, 0.15) is 5.82 Å². The van der Waals surface area contributed by atoms with Crippen LogP contribution < -0.4 is 5.73 Å². The van der Waals surface area contributed by atoms with Crippen molar-refractivity contribution in [2.45, 2.75) is 37.4 Å². The van der Waals surface area contributed by atoms with E-state index in [0.717, 1.165) is 29.6 Å². The molecule has 1 atom stereocenters. The number of thioether (sulfide) groups is 1. The van der Waals surface area contributed by atoms with Crippen molar-refractivity contribution >= 4 is 11.8 Å². The second-order valence-corrected chi connectivity index (χ2v) is 5.42. The summed E-state index contributed by atoms with van der Waals surface area (Å²) in [4.78, 5) is 0. The summed E-state index contributed by atoms with van der Waals surface area (Å²) in [5.41, 5.74) is 5.38. The van der Waals surface area contributed by atoms with E-state index in [9.17, 15) is 0 Å². The van der Waals surface area contributed by atoms with Crippen LogP contribution in [0.2, 0.25) is 0 Å². The lowest BCUT2D eigenvalue weighted by Gasteiger charge is -2.20. The van der Waals surface area contributed by atoms with Crippen LogP contribution in [-0.2, 0) is 7.05 Å². The summed E-state index contributed by atoms with van der Waals surface area (Å²) in [6.45, 7) is 3.82. The summed E-state index contributed by atoms with van der Waals surface area (Å²) in [5.74, 6) is 1.86. The number of hydrogen-bond acceptors (Lipinski definition) is 5. The second-order valence-electron chi connectivity index (χ2n) is 4.35. The van der Waals surface area contributed by atoms with Gasteiger partial charge in [0.05, 0.1) is 6.61 Å². The van der Waals surface area contributed by atoms with Gasteiger partial charge in [-0.1, -0.05) is 11.8 Å². The van der Waals surface area contributed by atoms with Crippen molar-refractivity contribution in [2.24, 2.45) is 12.8 Å². The molecule has 1 aromatic rings. The van der Waals surface area contributed by atoms with Crippen LogP contribution in [0.15, 0.2) is 5.16 Å². The van der Waals surface area contributed by atoms with Gasteiger partial charge in [0, 0.05) is 18.3 Å². The van der Waals surface area contributed by atoms with E-state index in [1.165, 1.54) is 0 Å². The molecule has 0 fully saturated rings. The molecule has 0 aliphatic carbocycles.